The van der Waals surface area contributed by atoms with Crippen LogP contribution in [0, 0.1) is 0 Å². The van der Waals surface area contributed by atoms with Crippen LogP contribution in [0.4, 0.5) is 0 Å². The molecule has 2 N–H and O–H groups in total. The Bertz CT molecular complexity index is 761. The summed E-state index contributed by atoms with van der Waals surface area (Å²) in [4.78, 5) is 28.7. The Balaban J connectivity index is 0.00000243. The van der Waals surface area contributed by atoms with Crippen molar-refractivity contribution in [2.45, 2.75) is 13.0 Å². The number of hydrogen-bond acceptors (Lipinski definition) is 4. The highest BCUT2D eigenvalue weighted by atomic mass is 35.5. The number of furan rings is 1. The third-order valence-corrected chi connectivity index (χ3v) is 4.52. The monoisotopic (exact) mass is 397 g/mol. The number of carbonyl (C=O) groups excluding carboxylic acids is 2. The summed E-state index contributed by atoms with van der Waals surface area (Å²) in [6.45, 7) is 2.46. The Morgan fingerprint density at radius 2 is 1.58 bits per heavy atom. The first-order valence-corrected chi connectivity index (χ1v) is 8.58. The van der Waals surface area contributed by atoms with Crippen molar-refractivity contribution in [3.63, 3.8) is 0 Å². The Labute approximate surface area is 163 Å². The molecule has 6 nitrogen and oxygen atoms in total. The second kappa shape index (κ2) is 9.07. The minimum Gasteiger partial charge on any atom is -0.467 e. The van der Waals surface area contributed by atoms with Gasteiger partial charge < -0.3 is 20.0 Å². The van der Waals surface area contributed by atoms with Crippen LogP contribution in [-0.4, -0.2) is 47.8 Å². The van der Waals surface area contributed by atoms with E-state index in [1.807, 2.05) is 0 Å². The minimum atomic E-state index is -0.0933. The van der Waals surface area contributed by atoms with E-state index in [1.54, 1.807) is 40.1 Å². The van der Waals surface area contributed by atoms with E-state index in [0.717, 1.165) is 6.42 Å². The third kappa shape index (κ3) is 4.58. The third-order valence-electron chi connectivity index (χ3n) is 4.26. The lowest BCUT2D eigenvalue weighted by Crippen LogP contribution is -2.37. The summed E-state index contributed by atoms with van der Waals surface area (Å²) in [5.74, 6) is 0.446. The maximum atomic E-state index is 12.6. The van der Waals surface area contributed by atoms with Crippen LogP contribution in [-0.2, 0) is 6.54 Å². The molecule has 1 aliphatic heterocycles. The molecule has 0 bridgehead atoms. The van der Waals surface area contributed by atoms with E-state index in [2.05, 4.69) is 0 Å². The molecular weight excluding hydrogens is 377 g/mol. The van der Waals surface area contributed by atoms with Gasteiger partial charge in [-0.25, -0.2) is 0 Å². The molecule has 1 aliphatic rings. The summed E-state index contributed by atoms with van der Waals surface area (Å²) >= 11 is 5.87. The maximum Gasteiger partial charge on any atom is 0.257 e. The highest BCUT2D eigenvalue weighted by molar-refractivity contribution is 6.30. The molecule has 2 aromatic rings. The van der Waals surface area contributed by atoms with Crippen molar-refractivity contribution < 1.29 is 14.0 Å². The summed E-state index contributed by atoms with van der Waals surface area (Å²) in [5.41, 5.74) is 6.61. The van der Waals surface area contributed by atoms with Crippen molar-refractivity contribution in [2.24, 2.45) is 5.73 Å². The average molecular weight is 398 g/mol. The van der Waals surface area contributed by atoms with Crippen molar-refractivity contribution in [2.75, 3.05) is 26.2 Å². The van der Waals surface area contributed by atoms with Crippen LogP contribution in [0.1, 0.15) is 32.9 Å². The van der Waals surface area contributed by atoms with Gasteiger partial charge in [-0.2, -0.15) is 0 Å². The number of halogens is 2. The van der Waals surface area contributed by atoms with Crippen LogP contribution in [0.3, 0.4) is 0 Å². The van der Waals surface area contributed by atoms with Gasteiger partial charge in [0, 0.05) is 36.8 Å². The molecule has 0 unspecified atom stereocenters. The van der Waals surface area contributed by atoms with Gasteiger partial charge in [-0.1, -0.05) is 11.6 Å². The van der Waals surface area contributed by atoms with Crippen LogP contribution in [0.5, 0.6) is 0 Å². The van der Waals surface area contributed by atoms with Gasteiger partial charge in [0.05, 0.1) is 12.1 Å². The molecule has 0 atom stereocenters. The van der Waals surface area contributed by atoms with Crippen LogP contribution in [0.15, 0.2) is 41.0 Å². The van der Waals surface area contributed by atoms with E-state index in [-0.39, 0.29) is 30.8 Å². The quantitative estimate of drug-likeness (QED) is 0.863. The van der Waals surface area contributed by atoms with E-state index in [4.69, 9.17) is 21.8 Å². The molecule has 140 valence electrons. The summed E-state index contributed by atoms with van der Waals surface area (Å²) in [7, 11) is 0. The van der Waals surface area contributed by atoms with Gasteiger partial charge in [0.15, 0.2) is 0 Å². The fourth-order valence-electron chi connectivity index (χ4n) is 2.88. The molecule has 26 heavy (non-hydrogen) atoms. The van der Waals surface area contributed by atoms with E-state index in [9.17, 15) is 9.59 Å². The zero-order valence-electron chi connectivity index (χ0n) is 14.2. The van der Waals surface area contributed by atoms with Crippen LogP contribution >= 0.6 is 24.0 Å². The summed E-state index contributed by atoms with van der Waals surface area (Å²) < 4.78 is 5.24. The number of nitrogens with zero attached hydrogens (tertiary/aromatic N) is 2. The SMILES string of the molecule is Cl.NCc1cc(C(=O)N2CCCN(C(=O)c3ccc(Cl)cc3)CC2)co1. The number of amides is 2. The van der Waals surface area contributed by atoms with Crippen LogP contribution in [0.2, 0.25) is 5.02 Å². The van der Waals surface area contributed by atoms with Gasteiger partial charge in [-0.15, -0.1) is 12.4 Å². The van der Waals surface area contributed by atoms with Gasteiger partial charge in [0.1, 0.15) is 12.0 Å². The predicted octanol–water partition coefficient (Wildman–Crippen LogP) is 2.80. The Morgan fingerprint density at radius 1 is 1.00 bits per heavy atom. The number of nitrogens with two attached hydrogens (primary N) is 1. The van der Waals surface area contributed by atoms with Crippen LogP contribution < -0.4 is 5.73 Å². The largest absolute Gasteiger partial charge is 0.467 e. The number of carbonyl (C=O) groups is 2. The van der Waals surface area contributed by atoms with E-state index in [0.29, 0.717) is 48.1 Å². The van der Waals surface area contributed by atoms with Crippen LogP contribution in [0.25, 0.3) is 0 Å². The zero-order chi connectivity index (χ0) is 17.8. The second-order valence-electron chi connectivity index (χ2n) is 5.95. The van der Waals surface area contributed by atoms with Gasteiger partial charge in [-0.05, 0) is 36.8 Å². The molecule has 3 rings (SSSR count). The van der Waals surface area contributed by atoms with Gasteiger partial charge in [-0.3, -0.25) is 9.59 Å². The Hall–Kier alpha value is -2.02. The Morgan fingerprint density at radius 3 is 2.12 bits per heavy atom. The lowest BCUT2D eigenvalue weighted by Gasteiger charge is -2.22. The minimum absolute atomic E-state index is 0. The smallest absolute Gasteiger partial charge is 0.257 e. The fraction of sp³-hybridized carbons (Fsp3) is 0.333. The molecule has 1 fully saturated rings. The molecule has 0 radical (unpaired) electrons. The fourth-order valence-corrected chi connectivity index (χ4v) is 3.01. The average Bonchev–Trinajstić information content (AvgIpc) is 2.98. The predicted molar refractivity (Wildman–Crippen MR) is 102 cm³/mol. The number of benzene rings is 1. The Kier molecular flexibility index (Phi) is 7.08. The summed E-state index contributed by atoms with van der Waals surface area (Å²) in [5, 5.41) is 0.598. The number of hydrogen-bond donors (Lipinski definition) is 1. The second-order valence-corrected chi connectivity index (χ2v) is 6.39. The first-order chi connectivity index (χ1) is 12.1. The lowest BCUT2D eigenvalue weighted by atomic mass is 10.2. The summed E-state index contributed by atoms with van der Waals surface area (Å²) in [6.07, 6.45) is 2.17. The van der Waals surface area contributed by atoms with E-state index in [1.165, 1.54) is 6.26 Å². The highest BCUT2D eigenvalue weighted by Crippen LogP contribution is 2.15. The van der Waals surface area contributed by atoms with Gasteiger partial charge in [0.25, 0.3) is 11.8 Å². The molecule has 1 aromatic heterocycles. The molecule has 1 saturated heterocycles. The molecule has 2 amide bonds. The van der Waals surface area contributed by atoms with Crippen molar-refractivity contribution in [1.82, 2.24) is 9.80 Å². The van der Waals surface area contributed by atoms with Crippen molar-refractivity contribution in [1.29, 1.82) is 0 Å². The van der Waals surface area contributed by atoms with Gasteiger partial charge >= 0.3 is 0 Å². The molecule has 1 aromatic carbocycles. The van der Waals surface area contributed by atoms with Crippen molar-refractivity contribution in [3.8, 4) is 0 Å². The molecular formula is C18H21Cl2N3O3. The topological polar surface area (TPSA) is 79.8 Å². The van der Waals surface area contributed by atoms with Gasteiger partial charge in [0.2, 0.25) is 0 Å². The van der Waals surface area contributed by atoms with E-state index < -0.39 is 0 Å². The first kappa shape index (κ1) is 20.3. The highest BCUT2D eigenvalue weighted by Gasteiger charge is 2.24. The normalized spacial score (nSPS) is 14.5. The molecule has 0 aliphatic carbocycles. The molecule has 2 heterocycles. The maximum absolute atomic E-state index is 12.6. The molecule has 0 spiro atoms. The van der Waals surface area contributed by atoms with E-state index >= 15 is 0 Å². The zero-order valence-corrected chi connectivity index (χ0v) is 15.8. The summed E-state index contributed by atoms with van der Waals surface area (Å²) in [6, 6.07) is 8.52. The van der Waals surface area contributed by atoms with Crippen molar-refractivity contribution in [3.05, 3.63) is 58.5 Å². The van der Waals surface area contributed by atoms with Crippen molar-refractivity contribution >= 4 is 35.8 Å². The lowest BCUT2D eigenvalue weighted by molar-refractivity contribution is 0.0718. The molecule has 0 saturated carbocycles. The number of rotatable bonds is 3. The molecule has 8 heteroatoms. The standard InChI is InChI=1S/C18H20ClN3O3.ClH/c19-15-4-2-13(3-5-15)17(23)21-6-1-7-22(9-8-21)18(24)14-10-16(11-20)25-12-14;/h2-5,10,12H,1,6-9,11,20H2;1H. The first-order valence-electron chi connectivity index (χ1n) is 8.20.